The van der Waals surface area contributed by atoms with E-state index in [2.05, 4.69) is 59.0 Å². The first kappa shape index (κ1) is 11.5. The van der Waals surface area contributed by atoms with E-state index in [1.54, 1.807) is 0 Å². The fourth-order valence-electron chi connectivity index (χ4n) is 3.18. The summed E-state index contributed by atoms with van der Waals surface area (Å²) in [6, 6.07) is 14.7. The van der Waals surface area contributed by atoms with Crippen molar-refractivity contribution in [2.75, 3.05) is 0 Å². The number of nitrogens with zero attached hydrogens (tertiary/aromatic N) is 2. The maximum Gasteiger partial charge on any atom is 0.137 e. The maximum absolute atomic E-state index is 4.55. The number of pyridine rings is 1. The molecule has 2 heterocycles. The number of hydrogen-bond donors (Lipinski definition) is 0. The van der Waals surface area contributed by atoms with Gasteiger partial charge < -0.3 is 0 Å². The lowest BCUT2D eigenvalue weighted by Gasteiger charge is -2.18. The predicted molar refractivity (Wildman–Crippen MR) is 83.1 cm³/mol. The van der Waals surface area contributed by atoms with E-state index in [1.165, 1.54) is 22.2 Å². The standard InChI is InChI=1S/C18H16N2/c1-13-7-6-9-15-14-8-2-3-10-16(14)20(18(13)15)17-11-4-5-12-19-17/h2-6,8-13H,7H2,1H3. The molecule has 1 aliphatic carbocycles. The topological polar surface area (TPSA) is 17.8 Å². The molecule has 3 aromatic rings. The molecule has 0 amide bonds. The molecule has 0 spiro atoms. The van der Waals surface area contributed by atoms with E-state index < -0.39 is 0 Å². The van der Waals surface area contributed by atoms with Crippen LogP contribution in [0, 0.1) is 0 Å². The first-order chi connectivity index (χ1) is 9.86. The predicted octanol–water partition coefficient (Wildman–Crippen LogP) is 4.55. The first-order valence-corrected chi connectivity index (χ1v) is 7.07. The van der Waals surface area contributed by atoms with Crippen molar-refractivity contribution in [2.45, 2.75) is 19.3 Å². The van der Waals surface area contributed by atoms with E-state index in [0.717, 1.165) is 12.2 Å². The summed E-state index contributed by atoms with van der Waals surface area (Å²) in [6.45, 7) is 2.29. The van der Waals surface area contributed by atoms with E-state index in [-0.39, 0.29) is 0 Å². The fourth-order valence-corrected chi connectivity index (χ4v) is 3.18. The third-order valence-electron chi connectivity index (χ3n) is 4.07. The van der Waals surface area contributed by atoms with Crippen molar-refractivity contribution in [3.63, 3.8) is 0 Å². The molecule has 0 aliphatic heterocycles. The molecule has 0 bridgehead atoms. The van der Waals surface area contributed by atoms with Crippen LogP contribution in [0.15, 0.2) is 54.7 Å². The van der Waals surface area contributed by atoms with Crippen molar-refractivity contribution >= 4 is 17.0 Å². The van der Waals surface area contributed by atoms with Crippen LogP contribution in [-0.2, 0) is 0 Å². The van der Waals surface area contributed by atoms with E-state index in [9.17, 15) is 0 Å². The molecule has 2 aromatic heterocycles. The Hall–Kier alpha value is -2.35. The van der Waals surface area contributed by atoms with Crippen molar-refractivity contribution in [3.05, 3.63) is 66.0 Å². The van der Waals surface area contributed by atoms with Gasteiger partial charge in [-0.15, -0.1) is 0 Å². The molecular formula is C18H16N2. The number of benzene rings is 1. The Kier molecular flexibility index (Phi) is 2.49. The summed E-state index contributed by atoms with van der Waals surface area (Å²) < 4.78 is 2.32. The van der Waals surface area contributed by atoms with Crippen LogP contribution in [0.3, 0.4) is 0 Å². The number of para-hydroxylation sites is 1. The van der Waals surface area contributed by atoms with Crippen LogP contribution in [0.4, 0.5) is 0 Å². The van der Waals surface area contributed by atoms with Gasteiger partial charge in [0.05, 0.1) is 5.52 Å². The minimum absolute atomic E-state index is 0.518. The Bertz CT molecular complexity index is 797. The molecule has 20 heavy (non-hydrogen) atoms. The van der Waals surface area contributed by atoms with Crippen LogP contribution in [0.5, 0.6) is 0 Å². The van der Waals surface area contributed by atoms with Crippen LogP contribution in [0.2, 0.25) is 0 Å². The van der Waals surface area contributed by atoms with Crippen molar-refractivity contribution in [1.29, 1.82) is 0 Å². The highest BCUT2D eigenvalue weighted by Gasteiger charge is 2.23. The number of allylic oxidation sites excluding steroid dienone is 1. The highest BCUT2D eigenvalue weighted by atomic mass is 15.1. The summed E-state index contributed by atoms with van der Waals surface area (Å²) >= 11 is 0. The summed E-state index contributed by atoms with van der Waals surface area (Å²) in [4.78, 5) is 4.55. The smallest absolute Gasteiger partial charge is 0.137 e. The van der Waals surface area contributed by atoms with Gasteiger partial charge in [0, 0.05) is 28.8 Å². The molecule has 0 fully saturated rings. The quantitative estimate of drug-likeness (QED) is 0.628. The average molecular weight is 260 g/mol. The third-order valence-corrected chi connectivity index (χ3v) is 4.07. The number of fused-ring (bicyclic) bond motifs is 3. The minimum Gasteiger partial charge on any atom is -0.297 e. The summed E-state index contributed by atoms with van der Waals surface area (Å²) in [5, 5.41) is 1.32. The zero-order valence-corrected chi connectivity index (χ0v) is 11.5. The number of rotatable bonds is 1. The number of aromatic nitrogens is 2. The van der Waals surface area contributed by atoms with Gasteiger partial charge in [-0.3, -0.25) is 4.57 Å². The Morgan fingerprint density at radius 3 is 2.80 bits per heavy atom. The van der Waals surface area contributed by atoms with Crippen LogP contribution >= 0.6 is 0 Å². The summed E-state index contributed by atoms with van der Waals surface area (Å²) in [5.74, 6) is 1.52. The average Bonchev–Trinajstić information content (AvgIpc) is 2.84. The Balaban J connectivity index is 2.15. The molecule has 1 aliphatic rings. The minimum atomic E-state index is 0.518. The van der Waals surface area contributed by atoms with E-state index in [1.807, 2.05) is 18.3 Å². The van der Waals surface area contributed by atoms with Gasteiger partial charge in [-0.05, 0) is 24.6 Å². The lowest BCUT2D eigenvalue weighted by molar-refractivity contribution is 0.718. The molecule has 0 N–H and O–H groups in total. The molecule has 1 atom stereocenters. The SMILES string of the molecule is CC1CC=Cc2c1n(-c1ccccn1)c1ccccc21. The van der Waals surface area contributed by atoms with Gasteiger partial charge in [-0.25, -0.2) is 4.98 Å². The maximum atomic E-state index is 4.55. The Morgan fingerprint density at radius 2 is 1.95 bits per heavy atom. The highest BCUT2D eigenvalue weighted by Crippen LogP contribution is 2.38. The molecule has 0 radical (unpaired) electrons. The lowest BCUT2D eigenvalue weighted by Crippen LogP contribution is -2.07. The van der Waals surface area contributed by atoms with Gasteiger partial charge in [0.1, 0.15) is 5.82 Å². The van der Waals surface area contributed by atoms with E-state index in [4.69, 9.17) is 0 Å². The van der Waals surface area contributed by atoms with Gasteiger partial charge in [0.2, 0.25) is 0 Å². The lowest BCUT2D eigenvalue weighted by atomic mass is 9.93. The van der Waals surface area contributed by atoms with Crippen molar-refractivity contribution in [2.24, 2.45) is 0 Å². The Morgan fingerprint density at radius 1 is 1.10 bits per heavy atom. The second kappa shape index (κ2) is 4.34. The Labute approximate surface area is 118 Å². The molecule has 2 nitrogen and oxygen atoms in total. The van der Waals surface area contributed by atoms with Crippen LogP contribution in [0.25, 0.3) is 22.8 Å². The second-order valence-electron chi connectivity index (χ2n) is 5.38. The third kappa shape index (κ3) is 1.54. The second-order valence-corrected chi connectivity index (χ2v) is 5.38. The zero-order chi connectivity index (χ0) is 13.5. The number of hydrogen-bond acceptors (Lipinski definition) is 1. The molecule has 1 aromatic carbocycles. The normalized spacial score (nSPS) is 17.4. The molecule has 4 rings (SSSR count). The van der Waals surface area contributed by atoms with Crippen molar-refractivity contribution < 1.29 is 0 Å². The fraction of sp³-hybridized carbons (Fsp3) is 0.167. The van der Waals surface area contributed by atoms with Crippen molar-refractivity contribution in [1.82, 2.24) is 9.55 Å². The van der Waals surface area contributed by atoms with Gasteiger partial charge in [0.25, 0.3) is 0 Å². The molecule has 0 saturated heterocycles. The molecule has 1 unspecified atom stereocenters. The largest absolute Gasteiger partial charge is 0.297 e. The van der Waals surface area contributed by atoms with Crippen LogP contribution in [0.1, 0.15) is 30.5 Å². The molecule has 2 heteroatoms. The van der Waals surface area contributed by atoms with Crippen LogP contribution < -0.4 is 0 Å². The van der Waals surface area contributed by atoms with E-state index in [0.29, 0.717) is 5.92 Å². The van der Waals surface area contributed by atoms with Gasteiger partial charge in [-0.2, -0.15) is 0 Å². The van der Waals surface area contributed by atoms with Crippen LogP contribution in [-0.4, -0.2) is 9.55 Å². The van der Waals surface area contributed by atoms with Gasteiger partial charge >= 0.3 is 0 Å². The first-order valence-electron chi connectivity index (χ1n) is 7.07. The highest BCUT2D eigenvalue weighted by molar-refractivity contribution is 5.93. The molecular weight excluding hydrogens is 244 g/mol. The van der Waals surface area contributed by atoms with E-state index >= 15 is 0 Å². The van der Waals surface area contributed by atoms with Gasteiger partial charge in [-0.1, -0.05) is 43.3 Å². The van der Waals surface area contributed by atoms with Crippen molar-refractivity contribution in [3.8, 4) is 5.82 Å². The van der Waals surface area contributed by atoms with Gasteiger partial charge in [0.15, 0.2) is 0 Å². The molecule has 0 saturated carbocycles. The zero-order valence-electron chi connectivity index (χ0n) is 11.5. The monoisotopic (exact) mass is 260 g/mol. The summed E-state index contributed by atoms with van der Waals surface area (Å²) in [6.07, 6.45) is 7.50. The summed E-state index contributed by atoms with van der Waals surface area (Å²) in [5.41, 5.74) is 3.98. The molecule has 98 valence electrons. The summed E-state index contributed by atoms with van der Waals surface area (Å²) in [7, 11) is 0.